The van der Waals surface area contributed by atoms with Gasteiger partial charge in [0, 0.05) is 23.7 Å². The number of benzene rings is 2. The monoisotopic (exact) mass is 571 g/mol. The first-order chi connectivity index (χ1) is 19.7. The minimum absolute atomic E-state index is 0.0506. The topological polar surface area (TPSA) is 136 Å². The van der Waals surface area contributed by atoms with Gasteiger partial charge in [0.25, 0.3) is 0 Å². The van der Waals surface area contributed by atoms with Crippen LogP contribution in [0.2, 0.25) is 0 Å². The Balaban J connectivity index is 1.13. The van der Waals surface area contributed by atoms with E-state index in [9.17, 15) is 14.0 Å². The van der Waals surface area contributed by atoms with Crippen molar-refractivity contribution in [2.24, 2.45) is 22.1 Å². The maximum atomic E-state index is 15.0. The molecule has 0 bridgehead atoms. The van der Waals surface area contributed by atoms with E-state index >= 15 is 0 Å². The maximum absolute atomic E-state index is 15.0. The number of amidine groups is 1. The molecule has 0 saturated heterocycles. The number of nitrogens with zero attached hydrogens (tertiary/aromatic N) is 4. The van der Waals surface area contributed by atoms with Crippen molar-refractivity contribution < 1.29 is 18.7 Å². The molecular weight excluding hydrogens is 544 g/mol. The van der Waals surface area contributed by atoms with Gasteiger partial charge in [-0.25, -0.2) is 18.9 Å². The van der Waals surface area contributed by atoms with Gasteiger partial charge in [0.15, 0.2) is 23.0 Å². The highest BCUT2D eigenvalue weighted by Gasteiger charge is 2.53. The third-order valence-electron chi connectivity index (χ3n) is 7.13. The summed E-state index contributed by atoms with van der Waals surface area (Å²) >= 11 is 0. The summed E-state index contributed by atoms with van der Waals surface area (Å²) in [5.41, 5.74) is 7.76. The second-order valence-corrected chi connectivity index (χ2v) is 11.1. The fraction of sp³-hybridized carbons (Fsp3) is 0.241. The normalized spacial score (nSPS) is 15.8. The van der Waals surface area contributed by atoms with E-state index in [0.29, 0.717) is 30.0 Å². The summed E-state index contributed by atoms with van der Waals surface area (Å²) in [6.45, 7) is 1.94. The van der Waals surface area contributed by atoms with Gasteiger partial charge in [-0.3, -0.25) is 9.59 Å². The molecule has 4 N–H and O–H groups in total. The number of ether oxygens (including phenoxy) is 1. The number of fused-ring (bicyclic) bond motifs is 1. The highest BCUT2D eigenvalue weighted by Crippen LogP contribution is 2.47. The molecule has 10 nitrogen and oxygen atoms in total. The van der Waals surface area contributed by atoms with Gasteiger partial charge >= 0.3 is 0 Å². The number of hydrogen-bond donors (Lipinski definition) is 3. The van der Waals surface area contributed by atoms with Crippen LogP contribution in [0.4, 0.5) is 21.6 Å². The average molecular weight is 572 g/mol. The molecule has 2 heterocycles. The number of halogens is 1. The Morgan fingerprint density at radius 1 is 1.12 bits per heavy atom. The number of carbonyl (C=O) groups is 2. The zero-order chi connectivity index (χ0) is 28.7. The molecule has 4 aromatic rings. The summed E-state index contributed by atoms with van der Waals surface area (Å²) < 4.78 is 22.1. The molecule has 208 valence electrons. The molecule has 2 saturated carbocycles. The predicted molar refractivity (Wildman–Crippen MR) is 157 cm³/mol. The van der Waals surface area contributed by atoms with Gasteiger partial charge in [-0.2, -0.15) is 0 Å². The predicted octanol–water partition coefficient (Wildman–Crippen LogP) is 5.10. The lowest BCUT2D eigenvalue weighted by Gasteiger charge is -2.15. The van der Waals surface area contributed by atoms with Crippen LogP contribution in [-0.2, 0) is 9.59 Å². The van der Waals surface area contributed by atoms with E-state index in [1.165, 1.54) is 16.6 Å². The van der Waals surface area contributed by atoms with Crippen molar-refractivity contribution in [1.29, 1.82) is 0 Å². The number of imidazole rings is 1. The van der Waals surface area contributed by atoms with Crippen molar-refractivity contribution in [2.45, 2.75) is 32.6 Å². The van der Waals surface area contributed by atoms with Gasteiger partial charge in [-0.1, -0.05) is 12.1 Å². The third kappa shape index (κ3) is 5.67. The van der Waals surface area contributed by atoms with Crippen molar-refractivity contribution in [3.05, 3.63) is 72.2 Å². The van der Waals surface area contributed by atoms with Crippen LogP contribution >= 0.6 is 8.86 Å². The van der Waals surface area contributed by atoms with E-state index in [0.717, 1.165) is 23.7 Å². The van der Waals surface area contributed by atoms with Gasteiger partial charge in [0.1, 0.15) is 11.3 Å². The molecule has 2 amide bonds. The molecule has 2 fully saturated rings. The lowest BCUT2D eigenvalue weighted by Crippen LogP contribution is -2.36. The first-order valence-electron chi connectivity index (χ1n) is 13.2. The quantitative estimate of drug-likeness (QED) is 0.145. The Labute approximate surface area is 237 Å². The fourth-order valence-electron chi connectivity index (χ4n) is 4.33. The first kappa shape index (κ1) is 26.6. The minimum atomic E-state index is -0.928. The molecule has 0 radical (unpaired) electrons. The van der Waals surface area contributed by atoms with Crippen molar-refractivity contribution in [3.8, 4) is 11.6 Å². The summed E-state index contributed by atoms with van der Waals surface area (Å²) in [6.07, 6.45) is 4.46. The average Bonchev–Trinajstić information content (AvgIpc) is 3.87. The zero-order valence-electron chi connectivity index (χ0n) is 22.1. The molecule has 6 rings (SSSR count). The Bertz CT molecular complexity index is 1730. The van der Waals surface area contributed by atoms with Crippen LogP contribution in [0.3, 0.4) is 0 Å². The van der Waals surface area contributed by atoms with Crippen molar-refractivity contribution in [3.63, 3.8) is 0 Å². The smallest absolute Gasteiger partial charge is 0.238 e. The number of aromatic nitrogens is 3. The number of carbonyl (C=O) groups excluding carboxylic acids is 2. The molecule has 2 aromatic carbocycles. The summed E-state index contributed by atoms with van der Waals surface area (Å²) in [5, 5.41) is 11.0. The van der Waals surface area contributed by atoms with Gasteiger partial charge in [-0.05, 0) is 73.8 Å². The number of aliphatic imine (C=N–C) groups is 1. The minimum Gasteiger partial charge on any atom is -0.434 e. The second-order valence-electron chi connectivity index (χ2n) is 10.3. The van der Waals surface area contributed by atoms with Crippen LogP contribution in [0.25, 0.3) is 5.65 Å². The zero-order valence-corrected chi connectivity index (χ0v) is 23.1. The van der Waals surface area contributed by atoms with Crippen LogP contribution in [0.15, 0.2) is 65.8 Å². The Morgan fingerprint density at radius 3 is 2.54 bits per heavy atom. The summed E-state index contributed by atoms with van der Waals surface area (Å²) in [5.74, 6) is -0.335. The van der Waals surface area contributed by atoms with E-state index in [1.807, 2.05) is 31.2 Å². The van der Waals surface area contributed by atoms with Crippen LogP contribution in [0, 0.1) is 17.2 Å². The molecule has 0 aliphatic heterocycles. The molecule has 12 heteroatoms. The largest absolute Gasteiger partial charge is 0.434 e. The van der Waals surface area contributed by atoms with E-state index < -0.39 is 11.2 Å². The Kier molecular flexibility index (Phi) is 6.75. The first-order valence-corrected chi connectivity index (χ1v) is 13.7. The number of nitrogens with one attached hydrogen (secondary N) is 2. The third-order valence-corrected chi connectivity index (χ3v) is 7.41. The fourth-order valence-corrected chi connectivity index (χ4v) is 4.50. The van der Waals surface area contributed by atoms with E-state index in [-0.39, 0.29) is 40.9 Å². The molecule has 0 atom stereocenters. The Hall–Kier alpha value is -4.63. The van der Waals surface area contributed by atoms with E-state index in [2.05, 4.69) is 34.6 Å². The van der Waals surface area contributed by atoms with Crippen molar-refractivity contribution in [1.82, 2.24) is 14.6 Å². The number of amides is 2. The highest BCUT2D eigenvalue weighted by atomic mass is 31.0. The maximum Gasteiger partial charge on any atom is 0.238 e. The SMILES string of the molecule is CC(=P)c1ccc(NC(=O)C2(C(N)=Nc3ccc(Oc4ccc5nc(NC(=O)C6CC6)cn5n4)c(F)c3)CC2)cc1. The van der Waals surface area contributed by atoms with Crippen molar-refractivity contribution >= 4 is 54.6 Å². The number of hydrogen-bond acceptors (Lipinski definition) is 6. The lowest BCUT2D eigenvalue weighted by molar-refractivity contribution is -0.119. The molecule has 0 unspecified atom stereocenters. The van der Waals surface area contributed by atoms with Crippen LogP contribution in [-0.4, -0.2) is 37.5 Å². The summed E-state index contributed by atoms with van der Waals surface area (Å²) in [6, 6.07) is 14.8. The van der Waals surface area contributed by atoms with E-state index in [1.54, 1.807) is 24.4 Å². The lowest BCUT2D eigenvalue weighted by atomic mass is 10.0. The molecular formula is C29H27FN7O3P. The van der Waals surface area contributed by atoms with Crippen LogP contribution < -0.4 is 21.1 Å². The molecule has 2 aromatic heterocycles. The molecule has 2 aliphatic rings. The molecule has 2 aliphatic carbocycles. The highest BCUT2D eigenvalue weighted by molar-refractivity contribution is 7.22. The van der Waals surface area contributed by atoms with Gasteiger partial charge in [0.2, 0.25) is 17.7 Å². The van der Waals surface area contributed by atoms with E-state index in [4.69, 9.17) is 10.5 Å². The van der Waals surface area contributed by atoms with Crippen LogP contribution in [0.1, 0.15) is 38.2 Å². The number of nitrogens with two attached hydrogens (primary N) is 1. The Morgan fingerprint density at radius 2 is 1.88 bits per heavy atom. The number of rotatable bonds is 9. The van der Waals surface area contributed by atoms with Crippen LogP contribution in [0.5, 0.6) is 11.6 Å². The van der Waals surface area contributed by atoms with Gasteiger partial charge in [0.05, 0.1) is 11.9 Å². The van der Waals surface area contributed by atoms with Gasteiger partial charge < -0.3 is 21.1 Å². The van der Waals surface area contributed by atoms with Crippen molar-refractivity contribution in [2.75, 3.05) is 10.6 Å². The van der Waals surface area contributed by atoms with Gasteiger partial charge in [-0.15, -0.1) is 14.0 Å². The summed E-state index contributed by atoms with van der Waals surface area (Å²) in [4.78, 5) is 33.7. The number of anilines is 2. The standard InChI is InChI=1S/C29H27FN7O3P/c1-16(41)17-4-6-19(7-5-17)33-28(39)29(12-13-29)27(31)32-20-8-9-22(21(30)14-20)40-25-11-10-24-34-23(15-37(24)36-25)35-26(38)18-2-3-18/h4-11,14-15,18,41H,2-3,12-13H2,1H3,(H2,31,32)(H,33,39)(H,35,38). The molecule has 0 spiro atoms. The molecule has 41 heavy (non-hydrogen) atoms. The second kappa shape index (κ2) is 10.4. The summed E-state index contributed by atoms with van der Waals surface area (Å²) in [7, 11) is 3.49.